The molecule has 0 bridgehead atoms. The summed E-state index contributed by atoms with van der Waals surface area (Å²) in [5.74, 6) is 6.11. The van der Waals surface area contributed by atoms with Gasteiger partial charge in [0.1, 0.15) is 0 Å². The lowest BCUT2D eigenvalue weighted by molar-refractivity contribution is 0.178. The maximum absolute atomic E-state index is 11.5. The van der Waals surface area contributed by atoms with Crippen LogP contribution in [0.4, 0.5) is 10.6 Å². The van der Waals surface area contributed by atoms with Crippen molar-refractivity contribution >= 4 is 11.9 Å². The second kappa shape index (κ2) is 6.40. The quantitative estimate of drug-likeness (QED) is 0.722. The third kappa shape index (κ3) is 3.24. The third-order valence-corrected chi connectivity index (χ3v) is 1.87. The Hall–Kier alpha value is -2.09. The summed E-state index contributed by atoms with van der Waals surface area (Å²) in [5, 5.41) is 7.57. The van der Waals surface area contributed by atoms with E-state index in [1.165, 1.54) is 12.0 Å². The standard InChI is InChI=1S/C11H13N3O2/c1-3-4-5-9-14(11(15)16-2)10-7-6-8-12-13-10/h6-8H,5,9H2,1-2H3. The van der Waals surface area contributed by atoms with E-state index in [1.54, 1.807) is 25.3 Å². The monoisotopic (exact) mass is 219 g/mol. The lowest BCUT2D eigenvalue weighted by atomic mass is 10.4. The largest absolute Gasteiger partial charge is 0.452 e. The van der Waals surface area contributed by atoms with Gasteiger partial charge in [-0.15, -0.1) is 16.9 Å². The minimum atomic E-state index is -0.460. The Morgan fingerprint density at radius 2 is 2.44 bits per heavy atom. The molecule has 0 unspecified atom stereocenters. The molecule has 1 heterocycles. The number of carbonyl (C=O) groups is 1. The molecule has 0 aliphatic rings. The molecule has 1 rings (SSSR count). The molecular formula is C11H13N3O2. The van der Waals surface area contributed by atoms with Crippen molar-refractivity contribution < 1.29 is 9.53 Å². The van der Waals surface area contributed by atoms with E-state index in [0.717, 1.165) is 0 Å². The molecule has 1 aromatic rings. The summed E-state index contributed by atoms with van der Waals surface area (Å²) in [6.45, 7) is 2.19. The number of anilines is 1. The van der Waals surface area contributed by atoms with Gasteiger partial charge in [0.2, 0.25) is 0 Å². The number of nitrogens with zero attached hydrogens (tertiary/aromatic N) is 3. The van der Waals surface area contributed by atoms with E-state index in [2.05, 4.69) is 26.8 Å². The third-order valence-electron chi connectivity index (χ3n) is 1.87. The van der Waals surface area contributed by atoms with Crippen molar-refractivity contribution in [2.24, 2.45) is 0 Å². The zero-order valence-corrected chi connectivity index (χ0v) is 9.30. The lowest BCUT2D eigenvalue weighted by Gasteiger charge is -2.17. The van der Waals surface area contributed by atoms with Crippen LogP contribution in [0, 0.1) is 11.8 Å². The number of carbonyl (C=O) groups excluding carboxylic acids is 1. The Morgan fingerprint density at radius 3 is 3.00 bits per heavy atom. The van der Waals surface area contributed by atoms with Crippen LogP contribution < -0.4 is 4.90 Å². The summed E-state index contributed by atoms with van der Waals surface area (Å²) in [6.07, 6.45) is 1.66. The fourth-order valence-corrected chi connectivity index (χ4v) is 1.14. The smallest absolute Gasteiger partial charge is 0.415 e. The van der Waals surface area contributed by atoms with Crippen molar-refractivity contribution in [2.45, 2.75) is 13.3 Å². The minimum Gasteiger partial charge on any atom is -0.452 e. The number of rotatable bonds is 3. The summed E-state index contributed by atoms with van der Waals surface area (Å²) in [5.41, 5.74) is 0. The molecule has 0 N–H and O–H groups in total. The van der Waals surface area contributed by atoms with Gasteiger partial charge in [-0.1, -0.05) is 0 Å². The molecule has 16 heavy (non-hydrogen) atoms. The van der Waals surface area contributed by atoms with Crippen LogP contribution in [-0.2, 0) is 4.74 Å². The molecule has 0 aliphatic carbocycles. The highest BCUT2D eigenvalue weighted by atomic mass is 16.5. The van der Waals surface area contributed by atoms with E-state index in [1.807, 2.05) is 0 Å². The van der Waals surface area contributed by atoms with Gasteiger partial charge in [0.25, 0.3) is 0 Å². The summed E-state index contributed by atoms with van der Waals surface area (Å²) in [7, 11) is 1.33. The second-order valence-corrected chi connectivity index (χ2v) is 2.88. The Morgan fingerprint density at radius 1 is 1.62 bits per heavy atom. The highest BCUT2D eigenvalue weighted by molar-refractivity contribution is 5.86. The molecule has 0 atom stereocenters. The molecule has 0 saturated carbocycles. The van der Waals surface area contributed by atoms with Crippen molar-refractivity contribution in [1.29, 1.82) is 0 Å². The first kappa shape index (κ1) is 12.0. The second-order valence-electron chi connectivity index (χ2n) is 2.88. The first-order valence-corrected chi connectivity index (χ1v) is 4.82. The SMILES string of the molecule is CC#CCCN(C(=O)OC)c1cccnn1. The van der Waals surface area contributed by atoms with Gasteiger partial charge in [0.05, 0.1) is 7.11 Å². The van der Waals surface area contributed by atoms with E-state index in [-0.39, 0.29) is 0 Å². The molecule has 0 radical (unpaired) electrons. The van der Waals surface area contributed by atoms with Gasteiger partial charge in [-0.2, -0.15) is 5.10 Å². The maximum atomic E-state index is 11.5. The normalized spacial score (nSPS) is 8.88. The minimum absolute atomic E-state index is 0.437. The molecule has 0 spiro atoms. The molecule has 0 fully saturated rings. The van der Waals surface area contributed by atoms with Crippen molar-refractivity contribution in [1.82, 2.24) is 10.2 Å². The summed E-state index contributed by atoms with van der Waals surface area (Å²) >= 11 is 0. The molecule has 84 valence electrons. The average molecular weight is 219 g/mol. The van der Waals surface area contributed by atoms with E-state index < -0.39 is 6.09 Å². The summed E-state index contributed by atoms with van der Waals surface area (Å²) in [6, 6.07) is 3.41. The number of methoxy groups -OCH3 is 1. The number of amides is 1. The summed E-state index contributed by atoms with van der Waals surface area (Å²) < 4.78 is 4.67. The Kier molecular flexibility index (Phi) is 4.80. The van der Waals surface area contributed by atoms with Gasteiger partial charge in [-0.05, 0) is 19.1 Å². The van der Waals surface area contributed by atoms with Gasteiger partial charge < -0.3 is 4.74 Å². The number of hydrogen-bond donors (Lipinski definition) is 0. The first-order valence-electron chi connectivity index (χ1n) is 4.82. The van der Waals surface area contributed by atoms with Crippen molar-refractivity contribution in [3.8, 4) is 11.8 Å². The van der Waals surface area contributed by atoms with Gasteiger partial charge in [-0.3, -0.25) is 4.90 Å². The molecule has 0 aliphatic heterocycles. The highest BCUT2D eigenvalue weighted by Gasteiger charge is 2.16. The fourth-order valence-electron chi connectivity index (χ4n) is 1.14. The van der Waals surface area contributed by atoms with Crippen LogP contribution in [0.25, 0.3) is 0 Å². The zero-order chi connectivity index (χ0) is 11.8. The Labute approximate surface area is 94.4 Å². The molecule has 0 aromatic carbocycles. The predicted molar refractivity (Wildman–Crippen MR) is 59.9 cm³/mol. The van der Waals surface area contributed by atoms with Crippen molar-refractivity contribution in [2.75, 3.05) is 18.6 Å². The van der Waals surface area contributed by atoms with Crippen LogP contribution >= 0.6 is 0 Å². The molecule has 5 nitrogen and oxygen atoms in total. The first-order chi connectivity index (χ1) is 7.79. The predicted octanol–water partition coefficient (Wildman–Crippen LogP) is 1.46. The van der Waals surface area contributed by atoms with Crippen LogP contribution in [-0.4, -0.2) is 29.9 Å². The van der Waals surface area contributed by atoms with E-state index >= 15 is 0 Å². The molecule has 1 amide bonds. The molecule has 1 aromatic heterocycles. The zero-order valence-electron chi connectivity index (χ0n) is 9.30. The van der Waals surface area contributed by atoms with Crippen molar-refractivity contribution in [3.05, 3.63) is 18.3 Å². The van der Waals surface area contributed by atoms with Crippen LogP contribution in [0.15, 0.2) is 18.3 Å². The molecule has 0 saturated heterocycles. The van der Waals surface area contributed by atoms with Crippen LogP contribution in [0.3, 0.4) is 0 Å². The fraction of sp³-hybridized carbons (Fsp3) is 0.364. The topological polar surface area (TPSA) is 55.3 Å². The van der Waals surface area contributed by atoms with Crippen molar-refractivity contribution in [3.63, 3.8) is 0 Å². The van der Waals surface area contributed by atoms with Gasteiger partial charge >= 0.3 is 6.09 Å². The Bertz CT molecular complexity index is 395. The Balaban J connectivity index is 2.78. The summed E-state index contributed by atoms with van der Waals surface area (Å²) in [4.78, 5) is 12.9. The molecule has 5 heteroatoms. The van der Waals surface area contributed by atoms with E-state index in [9.17, 15) is 4.79 Å². The van der Waals surface area contributed by atoms with Gasteiger partial charge in [0, 0.05) is 19.2 Å². The number of ether oxygens (including phenoxy) is 1. The average Bonchev–Trinajstić information content (AvgIpc) is 2.35. The lowest BCUT2D eigenvalue weighted by Crippen LogP contribution is -2.32. The molecular weight excluding hydrogens is 206 g/mol. The van der Waals surface area contributed by atoms with Crippen LogP contribution in [0.2, 0.25) is 0 Å². The van der Waals surface area contributed by atoms with E-state index in [0.29, 0.717) is 18.8 Å². The van der Waals surface area contributed by atoms with Gasteiger partial charge in [-0.25, -0.2) is 4.79 Å². The number of aromatic nitrogens is 2. The van der Waals surface area contributed by atoms with Crippen LogP contribution in [0.5, 0.6) is 0 Å². The highest BCUT2D eigenvalue weighted by Crippen LogP contribution is 2.09. The maximum Gasteiger partial charge on any atom is 0.415 e. The van der Waals surface area contributed by atoms with Gasteiger partial charge in [0.15, 0.2) is 5.82 Å². The van der Waals surface area contributed by atoms with Crippen LogP contribution in [0.1, 0.15) is 13.3 Å². The number of hydrogen-bond acceptors (Lipinski definition) is 4. The van der Waals surface area contributed by atoms with E-state index in [4.69, 9.17) is 0 Å².